The summed E-state index contributed by atoms with van der Waals surface area (Å²) >= 11 is 0. The molecular weight excluding hydrogens is 332 g/mol. The second kappa shape index (κ2) is 9.91. The van der Waals surface area contributed by atoms with E-state index in [2.05, 4.69) is 10.6 Å². The van der Waals surface area contributed by atoms with Crippen LogP contribution < -0.4 is 10.6 Å². The molecule has 2 amide bonds. The van der Waals surface area contributed by atoms with Gasteiger partial charge in [-0.15, -0.1) is 0 Å². The maximum Gasteiger partial charge on any atom is 0.408 e. The van der Waals surface area contributed by atoms with Gasteiger partial charge < -0.3 is 25.6 Å². The Labute approximate surface area is 144 Å². The molecule has 0 aliphatic rings. The summed E-state index contributed by atoms with van der Waals surface area (Å²) in [4.78, 5) is 45.1. The van der Waals surface area contributed by atoms with Crippen molar-refractivity contribution in [3.8, 4) is 0 Å². The Hall–Kier alpha value is -3.10. The summed E-state index contributed by atoms with van der Waals surface area (Å²) in [6.45, 7) is 1.38. The molecule has 4 N–H and O–H groups in total. The van der Waals surface area contributed by atoms with E-state index in [9.17, 15) is 19.2 Å². The lowest BCUT2D eigenvalue weighted by Crippen LogP contribution is -2.50. The summed E-state index contributed by atoms with van der Waals surface area (Å²) in [5.41, 5.74) is 0.773. The molecule has 0 saturated heterocycles. The number of alkyl carbamates (subject to hydrolysis) is 1. The molecule has 0 saturated carbocycles. The predicted octanol–water partition coefficient (Wildman–Crippen LogP) is 0.735. The van der Waals surface area contributed by atoms with E-state index in [0.29, 0.717) is 0 Å². The lowest BCUT2D eigenvalue weighted by Gasteiger charge is -2.18. The van der Waals surface area contributed by atoms with Crippen molar-refractivity contribution >= 4 is 23.9 Å². The van der Waals surface area contributed by atoms with E-state index >= 15 is 0 Å². The molecule has 1 aromatic carbocycles. The first-order valence-corrected chi connectivity index (χ1v) is 7.51. The minimum Gasteiger partial charge on any atom is -0.481 e. The molecule has 0 aliphatic carbocycles. The van der Waals surface area contributed by atoms with E-state index in [1.165, 1.54) is 6.92 Å². The van der Waals surface area contributed by atoms with E-state index in [1.807, 2.05) is 6.07 Å². The van der Waals surface area contributed by atoms with Crippen LogP contribution in [0.25, 0.3) is 0 Å². The number of hydrogen-bond acceptors (Lipinski definition) is 5. The third-order valence-corrected chi connectivity index (χ3v) is 3.20. The average molecular weight is 352 g/mol. The second-order valence-corrected chi connectivity index (χ2v) is 5.26. The molecule has 0 fully saturated rings. The Kier molecular flexibility index (Phi) is 7.91. The third kappa shape index (κ3) is 7.82. The van der Waals surface area contributed by atoms with Crippen LogP contribution in [0.4, 0.5) is 4.79 Å². The molecule has 25 heavy (non-hydrogen) atoms. The van der Waals surface area contributed by atoms with Crippen LogP contribution in [-0.4, -0.2) is 46.2 Å². The molecule has 0 aliphatic heterocycles. The van der Waals surface area contributed by atoms with Gasteiger partial charge in [-0.1, -0.05) is 30.3 Å². The van der Waals surface area contributed by atoms with Gasteiger partial charge in [0.15, 0.2) is 0 Å². The van der Waals surface area contributed by atoms with Crippen LogP contribution in [0.2, 0.25) is 0 Å². The summed E-state index contributed by atoms with van der Waals surface area (Å²) in [6.07, 6.45) is -1.50. The number of benzene rings is 1. The first-order chi connectivity index (χ1) is 11.8. The topological polar surface area (TPSA) is 142 Å². The number of carboxylic acids is 2. The molecule has 0 unspecified atom stereocenters. The second-order valence-electron chi connectivity index (χ2n) is 5.26. The first-order valence-electron chi connectivity index (χ1n) is 7.51. The fraction of sp³-hybridized carbons (Fsp3) is 0.375. The fourth-order valence-electron chi connectivity index (χ4n) is 1.83. The van der Waals surface area contributed by atoms with Crippen LogP contribution in [0.5, 0.6) is 0 Å². The molecule has 1 aromatic rings. The zero-order chi connectivity index (χ0) is 18.8. The number of hydrogen-bond donors (Lipinski definition) is 4. The summed E-state index contributed by atoms with van der Waals surface area (Å²) in [5.74, 6) is -3.28. The molecule has 136 valence electrons. The van der Waals surface area contributed by atoms with E-state index < -0.39 is 42.4 Å². The van der Waals surface area contributed by atoms with Crippen LogP contribution in [0, 0.1) is 0 Å². The minimum atomic E-state index is -1.35. The van der Waals surface area contributed by atoms with Gasteiger partial charge in [-0.05, 0) is 18.9 Å². The quantitative estimate of drug-likeness (QED) is 0.513. The van der Waals surface area contributed by atoms with Gasteiger partial charge in [-0.2, -0.15) is 0 Å². The van der Waals surface area contributed by atoms with E-state index in [1.54, 1.807) is 24.3 Å². The largest absolute Gasteiger partial charge is 0.481 e. The van der Waals surface area contributed by atoms with Crippen molar-refractivity contribution in [2.45, 2.75) is 38.5 Å². The number of carbonyl (C=O) groups excluding carboxylic acids is 2. The van der Waals surface area contributed by atoms with Crippen LogP contribution >= 0.6 is 0 Å². The standard InChI is InChI=1S/C16H20N2O7/c1-10(14(21)18-12(15(22)23)7-8-13(19)20)17-16(24)25-9-11-5-3-2-4-6-11/h2-6,10,12H,7-9H2,1H3,(H,17,24)(H,18,21)(H,19,20)(H,22,23)/t10-,12-/m1/s1. The van der Waals surface area contributed by atoms with Crippen molar-refractivity contribution < 1.29 is 34.1 Å². The van der Waals surface area contributed by atoms with Crippen molar-refractivity contribution in [3.05, 3.63) is 35.9 Å². The van der Waals surface area contributed by atoms with Gasteiger partial charge in [-0.25, -0.2) is 9.59 Å². The highest BCUT2D eigenvalue weighted by atomic mass is 16.5. The number of amides is 2. The Morgan fingerprint density at radius 3 is 2.28 bits per heavy atom. The smallest absolute Gasteiger partial charge is 0.408 e. The minimum absolute atomic E-state index is 0.0252. The lowest BCUT2D eigenvalue weighted by molar-refractivity contribution is -0.143. The maximum absolute atomic E-state index is 11.9. The van der Waals surface area contributed by atoms with Gasteiger partial charge in [-0.3, -0.25) is 9.59 Å². The van der Waals surface area contributed by atoms with Crippen molar-refractivity contribution in [1.82, 2.24) is 10.6 Å². The Morgan fingerprint density at radius 2 is 1.72 bits per heavy atom. The maximum atomic E-state index is 11.9. The number of nitrogens with one attached hydrogen (secondary N) is 2. The summed E-state index contributed by atoms with van der Waals surface area (Å²) in [6, 6.07) is 6.53. The zero-order valence-corrected chi connectivity index (χ0v) is 13.6. The Morgan fingerprint density at radius 1 is 1.08 bits per heavy atom. The molecule has 0 heterocycles. The number of ether oxygens (including phenoxy) is 1. The summed E-state index contributed by atoms with van der Waals surface area (Å²) in [5, 5.41) is 22.0. The number of carbonyl (C=O) groups is 4. The van der Waals surface area contributed by atoms with Crippen molar-refractivity contribution in [3.63, 3.8) is 0 Å². The van der Waals surface area contributed by atoms with Gasteiger partial charge in [0.25, 0.3) is 0 Å². The number of carboxylic acid groups (broad SMARTS) is 2. The van der Waals surface area contributed by atoms with E-state index in [-0.39, 0.29) is 13.0 Å². The molecule has 1 rings (SSSR count). The molecule has 0 spiro atoms. The van der Waals surface area contributed by atoms with Gasteiger partial charge in [0.1, 0.15) is 18.7 Å². The van der Waals surface area contributed by atoms with Crippen molar-refractivity contribution in [1.29, 1.82) is 0 Å². The highest BCUT2D eigenvalue weighted by Gasteiger charge is 2.24. The monoisotopic (exact) mass is 352 g/mol. The Bertz CT molecular complexity index is 618. The molecule has 0 bridgehead atoms. The van der Waals surface area contributed by atoms with Crippen LogP contribution in [0.1, 0.15) is 25.3 Å². The number of rotatable bonds is 9. The zero-order valence-electron chi connectivity index (χ0n) is 13.6. The average Bonchev–Trinajstić information content (AvgIpc) is 2.56. The molecular formula is C16H20N2O7. The van der Waals surface area contributed by atoms with Gasteiger partial charge in [0.2, 0.25) is 5.91 Å². The van der Waals surface area contributed by atoms with Crippen LogP contribution in [-0.2, 0) is 25.7 Å². The van der Waals surface area contributed by atoms with Gasteiger partial charge >= 0.3 is 18.0 Å². The van der Waals surface area contributed by atoms with E-state index in [4.69, 9.17) is 14.9 Å². The molecule has 0 aromatic heterocycles. The van der Waals surface area contributed by atoms with Gasteiger partial charge in [0, 0.05) is 6.42 Å². The van der Waals surface area contributed by atoms with Crippen LogP contribution in [0.15, 0.2) is 30.3 Å². The SMILES string of the molecule is C[C@@H](NC(=O)OCc1ccccc1)C(=O)N[C@H](CCC(=O)O)C(=O)O. The predicted molar refractivity (Wildman–Crippen MR) is 85.7 cm³/mol. The van der Waals surface area contributed by atoms with Crippen molar-refractivity contribution in [2.24, 2.45) is 0 Å². The lowest BCUT2D eigenvalue weighted by atomic mass is 10.1. The first kappa shape index (κ1) is 19.9. The van der Waals surface area contributed by atoms with Gasteiger partial charge in [0.05, 0.1) is 0 Å². The van der Waals surface area contributed by atoms with Crippen molar-refractivity contribution in [2.75, 3.05) is 0 Å². The Balaban J connectivity index is 2.44. The highest BCUT2D eigenvalue weighted by Crippen LogP contribution is 2.02. The molecule has 9 nitrogen and oxygen atoms in total. The highest BCUT2D eigenvalue weighted by molar-refractivity contribution is 5.89. The third-order valence-electron chi connectivity index (χ3n) is 3.20. The molecule has 2 atom stereocenters. The summed E-state index contributed by atoms with van der Waals surface area (Å²) in [7, 11) is 0. The normalized spacial score (nSPS) is 12.5. The molecule has 0 radical (unpaired) electrons. The molecule has 9 heteroatoms. The summed E-state index contributed by atoms with van der Waals surface area (Å²) < 4.78 is 4.96. The number of aliphatic carboxylic acids is 2. The van der Waals surface area contributed by atoms with E-state index in [0.717, 1.165) is 5.56 Å². The fourth-order valence-corrected chi connectivity index (χ4v) is 1.83. The van der Waals surface area contributed by atoms with Crippen LogP contribution in [0.3, 0.4) is 0 Å².